The zero-order valence-electron chi connectivity index (χ0n) is 7.79. The molecule has 0 saturated heterocycles. The van der Waals surface area contributed by atoms with Crippen LogP contribution in [0.15, 0.2) is 0 Å². The Balaban J connectivity index is -0.0000000787. The second-order valence-corrected chi connectivity index (χ2v) is 2.68. The van der Waals surface area contributed by atoms with Crippen molar-refractivity contribution in [2.45, 2.75) is 0 Å². The molecule has 0 radical (unpaired) electrons. The molecule has 0 aliphatic rings. The Morgan fingerprint density at radius 1 is 0.600 bits per heavy atom. The maximum atomic E-state index is 6.00. The first-order valence-corrected chi connectivity index (χ1v) is 2.88. The third kappa shape index (κ3) is 14300. The van der Waals surface area contributed by atoms with E-state index in [0.29, 0.717) is 0 Å². The van der Waals surface area contributed by atoms with Crippen molar-refractivity contribution in [2.75, 3.05) is 42.3 Å². The summed E-state index contributed by atoms with van der Waals surface area (Å²) in [5.41, 5.74) is 0. The monoisotopic (exact) mass is 152 g/mol. The highest BCUT2D eigenvalue weighted by atomic mass is 17.0. The molecule has 0 aliphatic carbocycles. The predicted octanol–water partition coefficient (Wildman–Crippen LogP) is 0.373. The molecule has 0 amide bonds. The fourth-order valence-electron chi connectivity index (χ4n) is 0. The second-order valence-electron chi connectivity index (χ2n) is 2.68. The fourth-order valence-corrected chi connectivity index (χ4v) is 0. The van der Waals surface area contributed by atoms with Crippen LogP contribution in [0.3, 0.4) is 0 Å². The van der Waals surface area contributed by atoms with E-state index in [1.54, 1.807) is 0 Å². The van der Waals surface area contributed by atoms with Crippen LogP contribution in [0, 0.1) is 0 Å². The van der Waals surface area contributed by atoms with E-state index in [-0.39, 0.29) is 0 Å². The van der Waals surface area contributed by atoms with Crippen molar-refractivity contribution in [3.8, 4) is 0 Å². The molecular weight excluding hydrogens is 132 g/mol. The Morgan fingerprint density at radius 2 is 0.600 bits per heavy atom. The number of hydrogen-bond donors (Lipinski definition) is 2. The summed E-state index contributed by atoms with van der Waals surface area (Å²) < 4.78 is 0. The highest BCUT2D eigenvalue weighted by molar-refractivity contribution is 4.09. The highest BCUT2D eigenvalue weighted by Crippen LogP contribution is 1.48. The van der Waals surface area contributed by atoms with Gasteiger partial charge in [0, 0.05) is 0 Å². The summed E-state index contributed by atoms with van der Waals surface area (Å²) in [5, 5.41) is 12.0. The van der Waals surface area contributed by atoms with Crippen LogP contribution in [-0.4, -0.2) is 62.6 Å². The molecule has 0 aromatic rings. The van der Waals surface area contributed by atoms with Crippen molar-refractivity contribution in [1.82, 2.24) is 9.80 Å². The highest BCUT2D eigenvalue weighted by Gasteiger charge is 1.58. The smallest absolute Gasteiger partial charge is 0.0140 e. The van der Waals surface area contributed by atoms with E-state index in [0.717, 1.165) is 0 Å². The molecule has 0 unspecified atom stereocenters. The third-order valence-corrected chi connectivity index (χ3v) is 0. The minimum atomic E-state index is 2.00. The average molecular weight is 152 g/mol. The van der Waals surface area contributed by atoms with Crippen LogP contribution in [-0.2, 0) is 0 Å². The quantitative estimate of drug-likeness (QED) is 0.389. The largest absolute Gasteiger partial charge is 0.312 e. The van der Waals surface area contributed by atoms with E-state index in [2.05, 4.69) is 0 Å². The van der Waals surface area contributed by atoms with Gasteiger partial charge in [-0.1, -0.05) is 0 Å². The lowest BCUT2D eigenvalue weighted by Crippen LogP contribution is -1.99. The van der Waals surface area contributed by atoms with E-state index in [1.165, 1.54) is 0 Å². The molecule has 66 valence electrons. The average Bonchev–Trinajstić information content (AvgIpc) is 1.66. The molecule has 0 fully saturated rings. The Labute approximate surface area is 63.6 Å². The summed E-state index contributed by atoms with van der Waals surface area (Å²) >= 11 is 0. The van der Waals surface area contributed by atoms with E-state index in [9.17, 15) is 0 Å². The van der Waals surface area contributed by atoms with Gasteiger partial charge in [-0.3, -0.25) is 10.5 Å². The molecule has 0 bridgehead atoms. The molecule has 0 aromatic carbocycles. The minimum Gasteiger partial charge on any atom is -0.312 e. The summed E-state index contributed by atoms with van der Waals surface area (Å²) in [4.78, 5) is 4.00. The maximum Gasteiger partial charge on any atom is -0.0140 e. The van der Waals surface area contributed by atoms with Gasteiger partial charge in [-0.2, -0.15) is 0 Å². The molecule has 0 aliphatic heterocycles. The predicted molar refractivity (Wildman–Crippen MR) is 44.5 cm³/mol. The van der Waals surface area contributed by atoms with Crippen LogP contribution in [0.1, 0.15) is 0 Å². The topological polar surface area (TPSA) is 46.9 Å². The SMILES string of the molecule is CN(C)C.CN(C)C.OO. The number of nitrogens with zero attached hydrogens (tertiary/aromatic N) is 2. The summed E-state index contributed by atoms with van der Waals surface area (Å²) in [6, 6.07) is 0. The van der Waals surface area contributed by atoms with Gasteiger partial charge in [0.25, 0.3) is 0 Å². The van der Waals surface area contributed by atoms with Gasteiger partial charge in [0.05, 0.1) is 0 Å². The van der Waals surface area contributed by atoms with Crippen molar-refractivity contribution in [3.05, 3.63) is 0 Å². The maximum absolute atomic E-state index is 6.00. The Morgan fingerprint density at radius 3 is 0.600 bits per heavy atom. The molecule has 0 rings (SSSR count). The molecule has 0 atom stereocenters. The van der Waals surface area contributed by atoms with Gasteiger partial charge in [-0.05, 0) is 42.3 Å². The van der Waals surface area contributed by atoms with Gasteiger partial charge < -0.3 is 9.80 Å². The van der Waals surface area contributed by atoms with E-state index in [1.807, 2.05) is 52.1 Å². The lowest BCUT2D eigenvalue weighted by atomic mass is 11.0. The second kappa shape index (κ2) is 15.9. The lowest BCUT2D eigenvalue weighted by molar-refractivity contribution is -0.176. The van der Waals surface area contributed by atoms with Crippen LogP contribution in [0.4, 0.5) is 0 Å². The molecule has 0 heterocycles. The van der Waals surface area contributed by atoms with Gasteiger partial charge in [0.2, 0.25) is 0 Å². The van der Waals surface area contributed by atoms with Crippen molar-refractivity contribution in [1.29, 1.82) is 0 Å². The summed E-state index contributed by atoms with van der Waals surface area (Å²) in [5.74, 6) is 0. The lowest BCUT2D eigenvalue weighted by Gasteiger charge is -1.90. The summed E-state index contributed by atoms with van der Waals surface area (Å²) in [6.45, 7) is 0. The van der Waals surface area contributed by atoms with Gasteiger partial charge >= 0.3 is 0 Å². The Hall–Kier alpha value is -0.160. The van der Waals surface area contributed by atoms with Crippen LogP contribution in [0.5, 0.6) is 0 Å². The molecule has 4 nitrogen and oxygen atoms in total. The van der Waals surface area contributed by atoms with Crippen molar-refractivity contribution in [2.24, 2.45) is 0 Å². The fraction of sp³-hybridized carbons (Fsp3) is 1.00. The summed E-state index contributed by atoms with van der Waals surface area (Å²) in [6.07, 6.45) is 0. The van der Waals surface area contributed by atoms with E-state index in [4.69, 9.17) is 10.5 Å². The van der Waals surface area contributed by atoms with Gasteiger partial charge in [-0.25, -0.2) is 0 Å². The minimum absolute atomic E-state index is 2.00. The summed E-state index contributed by atoms with van der Waals surface area (Å²) in [7, 11) is 12.0. The third-order valence-electron chi connectivity index (χ3n) is 0. The van der Waals surface area contributed by atoms with Gasteiger partial charge in [0.1, 0.15) is 0 Å². The zero-order valence-corrected chi connectivity index (χ0v) is 7.79. The molecule has 2 N–H and O–H groups in total. The van der Waals surface area contributed by atoms with Crippen molar-refractivity contribution in [3.63, 3.8) is 0 Å². The van der Waals surface area contributed by atoms with E-state index >= 15 is 0 Å². The molecule has 4 heteroatoms. The molecule has 0 spiro atoms. The molecule has 0 aromatic heterocycles. The van der Waals surface area contributed by atoms with Crippen LogP contribution < -0.4 is 0 Å². The molecule has 0 saturated carbocycles. The molecular formula is C6H20N2O2. The van der Waals surface area contributed by atoms with Gasteiger partial charge in [0.15, 0.2) is 0 Å². The van der Waals surface area contributed by atoms with Crippen molar-refractivity contribution >= 4 is 0 Å². The first kappa shape index (κ1) is 16.4. The van der Waals surface area contributed by atoms with Crippen molar-refractivity contribution < 1.29 is 10.5 Å². The number of hydrogen-bond acceptors (Lipinski definition) is 4. The van der Waals surface area contributed by atoms with E-state index < -0.39 is 0 Å². The number of rotatable bonds is 0. The van der Waals surface area contributed by atoms with Crippen LogP contribution in [0.2, 0.25) is 0 Å². The van der Waals surface area contributed by atoms with Crippen LogP contribution >= 0.6 is 0 Å². The zero-order chi connectivity index (χ0) is 9.15. The Kier molecular flexibility index (Phi) is 26.2. The standard InChI is InChI=1S/2C3H9N.H2O2/c2*1-4(2)3;1-2/h2*1-3H3;1-2H. The van der Waals surface area contributed by atoms with Crippen LogP contribution in [0.25, 0.3) is 0 Å². The first-order chi connectivity index (χ1) is 4.46. The molecule has 10 heavy (non-hydrogen) atoms. The normalized spacial score (nSPS) is 7.80. The Bertz CT molecular complexity index is 29.2. The van der Waals surface area contributed by atoms with Gasteiger partial charge in [-0.15, -0.1) is 0 Å². The first-order valence-electron chi connectivity index (χ1n) is 2.88.